The molecule has 102 valence electrons. The van der Waals surface area contributed by atoms with Gasteiger partial charge in [0.2, 0.25) is 0 Å². The predicted octanol–water partition coefficient (Wildman–Crippen LogP) is 2.27. The van der Waals surface area contributed by atoms with Crippen molar-refractivity contribution in [1.82, 2.24) is 9.97 Å². The van der Waals surface area contributed by atoms with Crippen LogP contribution in [-0.2, 0) is 4.57 Å². The van der Waals surface area contributed by atoms with E-state index in [2.05, 4.69) is 9.97 Å². The molecule has 0 aliphatic heterocycles. The molecule has 20 heavy (non-hydrogen) atoms. The van der Waals surface area contributed by atoms with Crippen LogP contribution in [0.25, 0.3) is 22.0 Å². The SMILES string of the molecule is O=P(O)(O)c1ccoc1-c1cncc(-c2cccs2)n1. The van der Waals surface area contributed by atoms with Gasteiger partial charge < -0.3 is 14.2 Å². The molecule has 8 heteroatoms. The van der Waals surface area contributed by atoms with Gasteiger partial charge in [0.1, 0.15) is 11.0 Å². The van der Waals surface area contributed by atoms with E-state index in [0.717, 1.165) is 4.88 Å². The molecular weight excluding hydrogens is 299 g/mol. The first-order valence-electron chi connectivity index (χ1n) is 5.55. The highest BCUT2D eigenvalue weighted by Gasteiger charge is 2.26. The fourth-order valence-electron chi connectivity index (χ4n) is 1.74. The number of hydrogen-bond donors (Lipinski definition) is 2. The van der Waals surface area contributed by atoms with Crippen LogP contribution in [-0.4, -0.2) is 19.8 Å². The maximum absolute atomic E-state index is 11.4. The first-order valence-corrected chi connectivity index (χ1v) is 8.05. The number of rotatable bonds is 3. The Bertz CT molecular complexity index is 778. The molecule has 0 aliphatic rings. The topological polar surface area (TPSA) is 96.5 Å². The molecule has 0 fully saturated rings. The van der Waals surface area contributed by atoms with Gasteiger partial charge in [0.05, 0.1) is 29.2 Å². The minimum atomic E-state index is -4.41. The Balaban J connectivity index is 2.10. The van der Waals surface area contributed by atoms with Gasteiger partial charge in [-0.2, -0.15) is 0 Å². The molecular formula is C12H9N2O4PS. The van der Waals surface area contributed by atoms with Crippen molar-refractivity contribution < 1.29 is 18.8 Å². The second-order valence-corrected chi connectivity index (χ2v) is 6.46. The molecule has 0 saturated carbocycles. The molecule has 0 amide bonds. The van der Waals surface area contributed by atoms with Crippen molar-refractivity contribution in [1.29, 1.82) is 0 Å². The molecule has 3 heterocycles. The van der Waals surface area contributed by atoms with Gasteiger partial charge in [-0.25, -0.2) is 4.98 Å². The lowest BCUT2D eigenvalue weighted by Gasteiger charge is -2.04. The van der Waals surface area contributed by atoms with Gasteiger partial charge in [0.15, 0.2) is 5.76 Å². The van der Waals surface area contributed by atoms with Crippen LogP contribution in [0.15, 0.2) is 46.7 Å². The van der Waals surface area contributed by atoms with E-state index in [1.807, 2.05) is 17.5 Å². The van der Waals surface area contributed by atoms with E-state index in [4.69, 9.17) is 4.42 Å². The van der Waals surface area contributed by atoms with E-state index in [9.17, 15) is 14.4 Å². The molecule has 0 atom stereocenters. The molecule has 0 aromatic carbocycles. The molecule has 0 aliphatic carbocycles. The number of aromatic nitrogens is 2. The lowest BCUT2D eigenvalue weighted by molar-refractivity contribution is 0.387. The van der Waals surface area contributed by atoms with Gasteiger partial charge in [-0.1, -0.05) is 6.07 Å². The summed E-state index contributed by atoms with van der Waals surface area (Å²) >= 11 is 1.51. The second kappa shape index (κ2) is 4.96. The standard InChI is InChI=1S/C12H9N2O4PS/c15-19(16,17)10-3-4-18-12(10)9-7-13-6-8(14-9)11-2-1-5-20-11/h1-7H,(H2,15,16,17). The Kier molecular flexibility index (Phi) is 3.27. The average Bonchev–Trinajstić information content (AvgIpc) is 3.10. The van der Waals surface area contributed by atoms with Crippen molar-refractivity contribution in [3.05, 3.63) is 42.2 Å². The summed E-state index contributed by atoms with van der Waals surface area (Å²) in [6, 6.07) is 5.03. The maximum atomic E-state index is 11.4. The third-order valence-electron chi connectivity index (χ3n) is 2.60. The molecule has 0 unspecified atom stereocenters. The van der Waals surface area contributed by atoms with Crippen LogP contribution in [0, 0.1) is 0 Å². The maximum Gasteiger partial charge on any atom is 0.360 e. The van der Waals surface area contributed by atoms with E-state index in [0.29, 0.717) is 11.4 Å². The smallest absolute Gasteiger partial charge is 0.360 e. The summed E-state index contributed by atoms with van der Waals surface area (Å²) in [5.41, 5.74) is 0.921. The summed E-state index contributed by atoms with van der Waals surface area (Å²) < 4.78 is 16.5. The molecule has 0 spiro atoms. The van der Waals surface area contributed by atoms with Crippen molar-refractivity contribution in [3.63, 3.8) is 0 Å². The zero-order chi connectivity index (χ0) is 14.2. The van der Waals surface area contributed by atoms with Crippen LogP contribution < -0.4 is 5.30 Å². The zero-order valence-electron chi connectivity index (χ0n) is 10.0. The highest BCUT2D eigenvalue weighted by atomic mass is 32.1. The number of nitrogens with zero attached hydrogens (tertiary/aromatic N) is 2. The Morgan fingerprint density at radius 3 is 2.70 bits per heavy atom. The number of hydrogen-bond acceptors (Lipinski definition) is 5. The van der Waals surface area contributed by atoms with E-state index in [1.165, 1.54) is 29.9 Å². The van der Waals surface area contributed by atoms with Crippen LogP contribution in [0.4, 0.5) is 0 Å². The predicted molar refractivity (Wildman–Crippen MR) is 74.7 cm³/mol. The first-order chi connectivity index (χ1) is 9.55. The van der Waals surface area contributed by atoms with Crippen LogP contribution in [0.2, 0.25) is 0 Å². The van der Waals surface area contributed by atoms with Crippen molar-refractivity contribution in [2.45, 2.75) is 0 Å². The highest BCUT2D eigenvalue weighted by molar-refractivity contribution is 7.60. The first kappa shape index (κ1) is 13.2. The van der Waals surface area contributed by atoms with Crippen LogP contribution in [0.1, 0.15) is 0 Å². The molecule has 0 radical (unpaired) electrons. The quantitative estimate of drug-likeness (QED) is 0.720. The fraction of sp³-hybridized carbons (Fsp3) is 0. The Morgan fingerprint density at radius 1 is 1.20 bits per heavy atom. The normalized spacial score (nSPS) is 11.7. The summed E-state index contributed by atoms with van der Waals surface area (Å²) in [6.07, 6.45) is 4.23. The van der Waals surface area contributed by atoms with Crippen LogP contribution >= 0.6 is 18.9 Å². The van der Waals surface area contributed by atoms with Crippen molar-refractivity contribution in [2.75, 3.05) is 0 Å². The van der Waals surface area contributed by atoms with Crippen molar-refractivity contribution in [3.8, 4) is 22.0 Å². The lowest BCUT2D eigenvalue weighted by Crippen LogP contribution is -2.05. The molecule has 0 saturated heterocycles. The molecule has 3 aromatic rings. The van der Waals surface area contributed by atoms with Gasteiger partial charge in [-0.05, 0) is 17.5 Å². The Morgan fingerprint density at radius 2 is 2.00 bits per heavy atom. The zero-order valence-corrected chi connectivity index (χ0v) is 11.7. The third kappa shape index (κ3) is 2.44. The number of thiophene rings is 1. The molecule has 6 nitrogen and oxygen atoms in total. The highest BCUT2D eigenvalue weighted by Crippen LogP contribution is 2.38. The van der Waals surface area contributed by atoms with Crippen molar-refractivity contribution >= 4 is 24.2 Å². The summed E-state index contributed by atoms with van der Waals surface area (Å²) in [5.74, 6) is 0.0456. The fourth-order valence-corrected chi connectivity index (χ4v) is 3.11. The van der Waals surface area contributed by atoms with Gasteiger partial charge >= 0.3 is 7.60 Å². The summed E-state index contributed by atoms with van der Waals surface area (Å²) in [7, 11) is -4.41. The molecule has 0 bridgehead atoms. The van der Waals surface area contributed by atoms with Gasteiger partial charge in [0.25, 0.3) is 0 Å². The summed E-state index contributed by atoms with van der Waals surface area (Å²) in [4.78, 5) is 27.9. The van der Waals surface area contributed by atoms with E-state index in [-0.39, 0.29) is 11.1 Å². The second-order valence-electron chi connectivity index (χ2n) is 3.95. The average molecular weight is 308 g/mol. The minimum Gasteiger partial charge on any atom is -0.462 e. The van der Waals surface area contributed by atoms with Crippen LogP contribution in [0.3, 0.4) is 0 Å². The Hall–Kier alpha value is -1.79. The van der Waals surface area contributed by atoms with E-state index in [1.54, 1.807) is 6.20 Å². The molecule has 3 rings (SSSR count). The minimum absolute atomic E-state index is 0.0456. The van der Waals surface area contributed by atoms with Gasteiger partial charge in [-0.15, -0.1) is 11.3 Å². The van der Waals surface area contributed by atoms with E-state index < -0.39 is 7.60 Å². The largest absolute Gasteiger partial charge is 0.462 e. The summed E-state index contributed by atoms with van der Waals surface area (Å²) in [6.45, 7) is 0. The van der Waals surface area contributed by atoms with Crippen LogP contribution in [0.5, 0.6) is 0 Å². The van der Waals surface area contributed by atoms with E-state index >= 15 is 0 Å². The molecule has 2 N–H and O–H groups in total. The van der Waals surface area contributed by atoms with Crippen molar-refractivity contribution in [2.24, 2.45) is 0 Å². The summed E-state index contributed by atoms with van der Waals surface area (Å²) in [5, 5.41) is 1.73. The third-order valence-corrected chi connectivity index (χ3v) is 4.47. The van der Waals surface area contributed by atoms with Gasteiger partial charge in [0, 0.05) is 0 Å². The van der Waals surface area contributed by atoms with Gasteiger partial charge in [-0.3, -0.25) is 9.55 Å². The monoisotopic (exact) mass is 308 g/mol. The molecule has 3 aromatic heterocycles. The lowest BCUT2D eigenvalue weighted by atomic mass is 10.3. The Labute approximate surface area is 117 Å². The number of furan rings is 1.